The maximum atomic E-state index is 10.0. The van der Waals surface area contributed by atoms with E-state index in [0.717, 1.165) is 50.2 Å². The zero-order chi connectivity index (χ0) is 72.6. The molecule has 9 nitrogen and oxygen atoms in total. The third kappa shape index (κ3) is 12.8. The summed E-state index contributed by atoms with van der Waals surface area (Å²) in [5, 5.41) is 27.3. The number of hydrogen-bond donors (Lipinski definition) is 1. The van der Waals surface area contributed by atoms with Crippen molar-refractivity contribution in [1.29, 1.82) is 0 Å². The molecule has 5 heterocycles. The Kier molecular flexibility index (Phi) is 18.6. The molecule has 5 aromatic heterocycles. The van der Waals surface area contributed by atoms with Crippen molar-refractivity contribution >= 4 is 125 Å². The molecule has 21 aromatic rings. The number of ketones is 1. The molecule has 16 aromatic carbocycles. The van der Waals surface area contributed by atoms with Gasteiger partial charge in [0.25, 0.3) is 0 Å². The first-order valence-corrected chi connectivity index (χ1v) is 36.2. The minimum atomic E-state index is -0.125. The molecule has 10 heteroatoms. The minimum absolute atomic E-state index is 0. The van der Waals surface area contributed by atoms with Gasteiger partial charge < -0.3 is 18.8 Å². The standard InChI is InChI=1S/C45H28N4.C34H22N2.C15H10N.C5H8O2.Ir/c1-3-14-29(15-4-1)43-46-44(30-16-5-2-6-17-30)48-45(47-43)31-18-13-19-32(26-31)49-41-25-12-11-24-37(41)40-27-38-35-22-9-7-20-33(35)34-21-8-10-23-36(34)39(38)28-42(40)49;1-3-13-23(14-4-1)35-29-21-11-9-19-27(29)31-25-17-7-8-18-26(25)32-28-20-10-12-22-30(28)36(34(32)33(31)35)24-15-5-2-6-16-24;1-2-6-12(7-3-1)15-11-10-13-8-4-5-9-14(13)16-15;1-4(6)3-5(2)7;/h1-28H;1-22H;1-6,8-11H;3,6H,1-2H3;/q;;-1;;. The second-order valence-corrected chi connectivity index (χ2v) is 26.9. The molecule has 0 aliphatic carbocycles. The maximum Gasteiger partial charge on any atom is 0.164 e. The van der Waals surface area contributed by atoms with Crippen LogP contribution in [0.5, 0.6) is 0 Å². The molecule has 1 N–H and O–H groups in total. The van der Waals surface area contributed by atoms with Gasteiger partial charge in [-0.15, -0.1) is 35.9 Å². The van der Waals surface area contributed by atoms with Gasteiger partial charge >= 0.3 is 0 Å². The average molecular weight is 1580 g/mol. The van der Waals surface area contributed by atoms with Gasteiger partial charge in [-0.2, -0.15) is 0 Å². The summed E-state index contributed by atoms with van der Waals surface area (Å²) in [4.78, 5) is 29.6. The second kappa shape index (κ2) is 29.6. The zero-order valence-electron chi connectivity index (χ0n) is 59.5. The molecule has 0 atom stereocenters. The first-order chi connectivity index (χ1) is 53.3. The third-order valence-electron chi connectivity index (χ3n) is 20.1. The monoisotopic (exact) mass is 1580 g/mol. The van der Waals surface area contributed by atoms with Gasteiger partial charge in [0.15, 0.2) is 23.3 Å². The predicted octanol–water partition coefficient (Wildman–Crippen LogP) is 25.2. The molecule has 21 rings (SSSR count). The number of pyridine rings is 1. The number of fused-ring (bicyclic) bond motifs is 20. The van der Waals surface area contributed by atoms with Crippen molar-refractivity contribution in [3.05, 3.63) is 382 Å². The number of rotatable bonds is 8. The van der Waals surface area contributed by atoms with Crippen LogP contribution in [0.3, 0.4) is 0 Å². The Hall–Kier alpha value is -13.8. The Bertz CT molecular complexity index is 6820. The molecule has 109 heavy (non-hydrogen) atoms. The first-order valence-electron chi connectivity index (χ1n) is 36.2. The van der Waals surface area contributed by atoms with Gasteiger partial charge in [-0.05, 0) is 141 Å². The van der Waals surface area contributed by atoms with E-state index < -0.39 is 0 Å². The summed E-state index contributed by atoms with van der Waals surface area (Å²) >= 11 is 0. The van der Waals surface area contributed by atoms with Crippen molar-refractivity contribution in [2.24, 2.45) is 0 Å². The SMILES string of the molecule is CC(=O)C=C(C)O.[Ir].[c-]1ccccc1-c1ccc2ccccc2n1.c1ccc(-c2nc(-c3ccccc3)nc(-c3cccc(-n4c5ccccc5c5cc6c7ccccc7c7ccccc7c6cc54)c3)n2)cc1.c1ccc(-n2c3ccccc3c3c4ccccc4c4c5ccccc5n(-c5ccccc5)c4c32)cc1. The molecule has 0 saturated carbocycles. The van der Waals surface area contributed by atoms with Crippen LogP contribution in [0.15, 0.2) is 376 Å². The summed E-state index contributed by atoms with van der Waals surface area (Å²) in [6.45, 7) is 2.85. The van der Waals surface area contributed by atoms with Gasteiger partial charge in [0, 0.05) is 92.3 Å². The molecule has 0 amide bonds. The summed E-state index contributed by atoms with van der Waals surface area (Å²) < 4.78 is 7.30. The summed E-state index contributed by atoms with van der Waals surface area (Å²) in [6.07, 6.45) is 1.17. The number of nitrogens with zero attached hydrogens (tertiary/aromatic N) is 7. The number of carbonyl (C=O) groups is 1. The number of benzene rings is 16. The number of carbonyl (C=O) groups excluding carboxylic acids is 1. The number of allylic oxidation sites excluding steroid dienone is 2. The molecule has 0 unspecified atom stereocenters. The van der Waals surface area contributed by atoms with Crippen LogP contribution in [-0.4, -0.2) is 44.5 Å². The number of aliphatic hydroxyl groups excluding tert-OH is 1. The average Bonchev–Trinajstić information content (AvgIpc) is 1.53. The van der Waals surface area contributed by atoms with E-state index in [1.165, 1.54) is 134 Å². The summed E-state index contributed by atoms with van der Waals surface area (Å²) in [5.41, 5.74) is 16.5. The van der Waals surface area contributed by atoms with Crippen LogP contribution in [0.4, 0.5) is 0 Å². The largest absolute Gasteiger partial charge is 0.512 e. The molecule has 0 aliphatic heterocycles. The van der Waals surface area contributed by atoms with Crippen molar-refractivity contribution in [2.75, 3.05) is 0 Å². The first kappa shape index (κ1) is 68.4. The van der Waals surface area contributed by atoms with Crippen molar-refractivity contribution in [3.8, 4) is 62.5 Å². The van der Waals surface area contributed by atoms with E-state index in [1.807, 2.05) is 109 Å². The molecule has 0 fully saturated rings. The van der Waals surface area contributed by atoms with Crippen LogP contribution >= 0.6 is 0 Å². The van der Waals surface area contributed by atoms with Crippen LogP contribution in [0.2, 0.25) is 0 Å². The second-order valence-electron chi connectivity index (χ2n) is 26.9. The van der Waals surface area contributed by atoms with Gasteiger partial charge in [-0.3, -0.25) is 9.78 Å². The molecule has 0 aliphatic rings. The van der Waals surface area contributed by atoms with Crippen LogP contribution in [-0.2, 0) is 24.9 Å². The van der Waals surface area contributed by atoms with E-state index in [4.69, 9.17) is 20.1 Å². The van der Waals surface area contributed by atoms with E-state index in [1.54, 1.807) is 0 Å². The number of para-hydroxylation sites is 6. The van der Waals surface area contributed by atoms with E-state index >= 15 is 0 Å². The van der Waals surface area contributed by atoms with Crippen molar-refractivity contribution < 1.29 is 30.0 Å². The van der Waals surface area contributed by atoms with Crippen molar-refractivity contribution in [2.45, 2.75) is 13.8 Å². The van der Waals surface area contributed by atoms with Gasteiger partial charge in [0.1, 0.15) is 0 Å². The predicted molar refractivity (Wildman–Crippen MR) is 449 cm³/mol. The Morgan fingerprint density at radius 1 is 0.321 bits per heavy atom. The van der Waals surface area contributed by atoms with Crippen LogP contribution < -0.4 is 0 Å². The normalized spacial score (nSPS) is 11.4. The summed E-state index contributed by atoms with van der Waals surface area (Å²) in [7, 11) is 0. The van der Waals surface area contributed by atoms with Crippen molar-refractivity contribution in [3.63, 3.8) is 0 Å². The van der Waals surface area contributed by atoms with E-state index in [2.05, 4.69) is 280 Å². The Morgan fingerprint density at radius 2 is 0.725 bits per heavy atom. The van der Waals surface area contributed by atoms with Crippen molar-refractivity contribution in [1.82, 2.24) is 33.6 Å². The fraction of sp³-hybridized carbons (Fsp3) is 0.0202. The smallest absolute Gasteiger partial charge is 0.164 e. The fourth-order valence-corrected chi connectivity index (χ4v) is 15.5. The molecular weight excluding hydrogens is 1510 g/mol. The molecule has 0 saturated heterocycles. The maximum absolute atomic E-state index is 10.0. The zero-order valence-corrected chi connectivity index (χ0v) is 61.9. The molecular formula is C99H68IrN7O2-. The Morgan fingerprint density at radius 3 is 1.22 bits per heavy atom. The summed E-state index contributed by atoms with van der Waals surface area (Å²) in [6, 6.07) is 131. The Labute approximate surface area is 642 Å². The van der Waals surface area contributed by atoms with E-state index in [-0.39, 0.29) is 31.6 Å². The molecule has 0 spiro atoms. The number of aliphatic hydroxyl groups is 1. The quantitative estimate of drug-likeness (QED) is 0.0703. The van der Waals surface area contributed by atoms with Crippen LogP contribution in [0, 0.1) is 6.07 Å². The van der Waals surface area contributed by atoms with Crippen LogP contribution in [0.25, 0.3) is 182 Å². The van der Waals surface area contributed by atoms with Gasteiger partial charge in [0.2, 0.25) is 0 Å². The van der Waals surface area contributed by atoms with E-state index in [0.29, 0.717) is 17.5 Å². The molecule has 1 radical (unpaired) electrons. The topological polar surface area (TPSA) is 104 Å². The molecule has 521 valence electrons. The molecule has 0 bridgehead atoms. The third-order valence-corrected chi connectivity index (χ3v) is 20.1. The van der Waals surface area contributed by atoms with Gasteiger partial charge in [-0.25, -0.2) is 15.0 Å². The van der Waals surface area contributed by atoms with Gasteiger partial charge in [-0.1, -0.05) is 267 Å². The fourth-order valence-electron chi connectivity index (χ4n) is 15.5. The number of hydrogen-bond acceptors (Lipinski definition) is 6. The summed E-state index contributed by atoms with van der Waals surface area (Å²) in [5.74, 6) is 1.88. The minimum Gasteiger partial charge on any atom is -0.512 e. The van der Waals surface area contributed by atoms with Crippen LogP contribution in [0.1, 0.15) is 13.8 Å². The number of aromatic nitrogens is 7. The van der Waals surface area contributed by atoms with Gasteiger partial charge in [0.05, 0.1) is 44.4 Å². The Balaban J connectivity index is 0.000000126. The van der Waals surface area contributed by atoms with E-state index in [9.17, 15) is 4.79 Å².